The molecule has 0 aliphatic carbocycles. The van der Waals surface area contributed by atoms with Crippen LogP contribution in [0.25, 0.3) is 0 Å². The van der Waals surface area contributed by atoms with E-state index in [1.165, 1.54) is 0 Å². The third-order valence-corrected chi connectivity index (χ3v) is 2.28. The molecule has 0 aliphatic heterocycles. The highest BCUT2D eigenvalue weighted by Gasteiger charge is 2.26. The second-order valence-corrected chi connectivity index (χ2v) is 3.80. The molecular weight excluding hydrogens is 182 g/mol. The van der Waals surface area contributed by atoms with Gasteiger partial charge < -0.3 is 10.1 Å². The van der Waals surface area contributed by atoms with Gasteiger partial charge in [-0.1, -0.05) is 6.92 Å². The molecule has 0 rings (SSSR count). The van der Waals surface area contributed by atoms with Crippen molar-refractivity contribution in [1.29, 1.82) is 0 Å². The smallest absolute Gasteiger partial charge is 0.311 e. The van der Waals surface area contributed by atoms with Gasteiger partial charge in [0, 0.05) is 7.05 Å². The lowest BCUT2D eigenvalue weighted by Gasteiger charge is -2.19. The maximum absolute atomic E-state index is 11.4. The Labute approximate surface area is 85.0 Å². The first-order valence-corrected chi connectivity index (χ1v) is 4.82. The summed E-state index contributed by atoms with van der Waals surface area (Å²) in [5, 5.41) is 2.46. The van der Waals surface area contributed by atoms with Gasteiger partial charge in [-0.25, -0.2) is 0 Å². The van der Waals surface area contributed by atoms with Crippen molar-refractivity contribution in [2.75, 3.05) is 13.7 Å². The SMILES string of the molecule is CCC(C)(C)C(=O)OCCC(=O)NC. The molecule has 0 aromatic rings. The first-order chi connectivity index (χ1) is 6.44. The molecular formula is C10H19NO3. The standard InChI is InChI=1S/C10H19NO3/c1-5-10(2,3)9(13)14-7-6-8(12)11-4/h5-7H2,1-4H3,(H,11,12). The highest BCUT2D eigenvalue weighted by atomic mass is 16.5. The van der Waals surface area contributed by atoms with E-state index >= 15 is 0 Å². The van der Waals surface area contributed by atoms with Gasteiger partial charge in [-0.05, 0) is 20.3 Å². The Kier molecular flexibility index (Phi) is 5.20. The fraction of sp³-hybridized carbons (Fsp3) is 0.800. The molecule has 0 spiro atoms. The predicted octanol–water partition coefficient (Wildman–Crippen LogP) is 1.10. The number of nitrogens with one attached hydrogen (secondary N) is 1. The summed E-state index contributed by atoms with van der Waals surface area (Å²) < 4.78 is 4.97. The van der Waals surface area contributed by atoms with Crippen LogP contribution in [0.4, 0.5) is 0 Å². The quantitative estimate of drug-likeness (QED) is 0.678. The van der Waals surface area contributed by atoms with E-state index < -0.39 is 5.41 Å². The monoisotopic (exact) mass is 201 g/mol. The number of esters is 1. The van der Waals surface area contributed by atoms with Crippen LogP contribution in [0.1, 0.15) is 33.6 Å². The Morgan fingerprint density at radius 1 is 1.36 bits per heavy atom. The third kappa shape index (κ3) is 4.25. The molecule has 82 valence electrons. The van der Waals surface area contributed by atoms with Crippen molar-refractivity contribution in [2.45, 2.75) is 33.6 Å². The van der Waals surface area contributed by atoms with Crippen LogP contribution in [0, 0.1) is 5.41 Å². The number of carbonyl (C=O) groups is 2. The molecule has 0 saturated heterocycles. The van der Waals surface area contributed by atoms with Crippen LogP contribution in [0.3, 0.4) is 0 Å². The molecule has 0 heterocycles. The van der Waals surface area contributed by atoms with Gasteiger partial charge >= 0.3 is 5.97 Å². The molecule has 0 saturated carbocycles. The van der Waals surface area contributed by atoms with Crippen LogP contribution >= 0.6 is 0 Å². The molecule has 0 unspecified atom stereocenters. The summed E-state index contributed by atoms with van der Waals surface area (Å²) in [6.07, 6.45) is 0.952. The van der Waals surface area contributed by atoms with E-state index in [-0.39, 0.29) is 24.9 Å². The average molecular weight is 201 g/mol. The van der Waals surface area contributed by atoms with E-state index in [4.69, 9.17) is 4.74 Å². The number of hydrogen-bond donors (Lipinski definition) is 1. The lowest BCUT2D eigenvalue weighted by Crippen LogP contribution is -2.27. The Morgan fingerprint density at radius 2 is 1.93 bits per heavy atom. The van der Waals surface area contributed by atoms with Gasteiger partial charge in [0.2, 0.25) is 5.91 Å². The zero-order valence-corrected chi connectivity index (χ0v) is 9.35. The van der Waals surface area contributed by atoms with Crippen LogP contribution in [0.2, 0.25) is 0 Å². The molecule has 0 bridgehead atoms. The number of hydrogen-bond acceptors (Lipinski definition) is 3. The van der Waals surface area contributed by atoms with E-state index in [1.807, 2.05) is 20.8 Å². The average Bonchev–Trinajstić information content (AvgIpc) is 2.17. The highest BCUT2D eigenvalue weighted by molar-refractivity contribution is 5.77. The van der Waals surface area contributed by atoms with Crippen LogP contribution in [-0.2, 0) is 14.3 Å². The van der Waals surface area contributed by atoms with Crippen molar-refractivity contribution in [1.82, 2.24) is 5.32 Å². The summed E-state index contributed by atoms with van der Waals surface area (Å²) in [5.74, 6) is -0.365. The summed E-state index contributed by atoms with van der Waals surface area (Å²) in [7, 11) is 1.56. The number of rotatable bonds is 5. The molecule has 14 heavy (non-hydrogen) atoms. The van der Waals surface area contributed by atoms with Crippen molar-refractivity contribution in [3.8, 4) is 0 Å². The van der Waals surface area contributed by atoms with Crippen molar-refractivity contribution >= 4 is 11.9 Å². The molecule has 0 aromatic carbocycles. The minimum Gasteiger partial charge on any atom is -0.465 e. The molecule has 0 fully saturated rings. The summed E-state index contributed by atoms with van der Waals surface area (Å²) in [6, 6.07) is 0. The lowest BCUT2D eigenvalue weighted by atomic mass is 9.91. The van der Waals surface area contributed by atoms with Gasteiger partial charge in [-0.2, -0.15) is 0 Å². The number of amides is 1. The topological polar surface area (TPSA) is 55.4 Å². The van der Waals surface area contributed by atoms with Gasteiger partial charge in [0.15, 0.2) is 0 Å². The third-order valence-electron chi connectivity index (χ3n) is 2.28. The molecule has 0 atom stereocenters. The first kappa shape index (κ1) is 12.9. The predicted molar refractivity (Wildman–Crippen MR) is 53.7 cm³/mol. The van der Waals surface area contributed by atoms with Gasteiger partial charge in [-0.15, -0.1) is 0 Å². The lowest BCUT2D eigenvalue weighted by molar-refractivity contribution is -0.154. The second kappa shape index (κ2) is 5.62. The van der Waals surface area contributed by atoms with Crippen molar-refractivity contribution in [3.05, 3.63) is 0 Å². The minimum atomic E-state index is -0.456. The molecule has 4 nitrogen and oxygen atoms in total. The normalized spacial score (nSPS) is 10.9. The van der Waals surface area contributed by atoms with Crippen molar-refractivity contribution in [2.24, 2.45) is 5.41 Å². The first-order valence-electron chi connectivity index (χ1n) is 4.82. The summed E-state index contributed by atoms with van der Waals surface area (Å²) in [4.78, 5) is 22.2. The number of carbonyl (C=O) groups excluding carboxylic acids is 2. The Hall–Kier alpha value is -1.06. The van der Waals surface area contributed by atoms with Crippen LogP contribution in [-0.4, -0.2) is 25.5 Å². The van der Waals surface area contributed by atoms with Gasteiger partial charge in [0.05, 0.1) is 11.8 Å². The van der Waals surface area contributed by atoms with Crippen LogP contribution in [0.5, 0.6) is 0 Å². The van der Waals surface area contributed by atoms with Crippen LogP contribution in [0.15, 0.2) is 0 Å². The highest BCUT2D eigenvalue weighted by Crippen LogP contribution is 2.21. The van der Waals surface area contributed by atoms with Gasteiger partial charge in [0.25, 0.3) is 0 Å². The zero-order valence-electron chi connectivity index (χ0n) is 9.35. The summed E-state index contributed by atoms with van der Waals surface area (Å²) >= 11 is 0. The van der Waals surface area contributed by atoms with E-state index in [2.05, 4.69) is 5.32 Å². The molecule has 4 heteroatoms. The second-order valence-electron chi connectivity index (χ2n) is 3.80. The molecule has 0 radical (unpaired) electrons. The minimum absolute atomic E-state index is 0.118. The van der Waals surface area contributed by atoms with E-state index in [1.54, 1.807) is 7.05 Å². The Morgan fingerprint density at radius 3 is 2.36 bits per heavy atom. The Bertz CT molecular complexity index is 211. The molecule has 1 N–H and O–H groups in total. The van der Waals surface area contributed by atoms with Crippen LogP contribution < -0.4 is 5.32 Å². The fourth-order valence-corrected chi connectivity index (χ4v) is 0.701. The van der Waals surface area contributed by atoms with Crippen molar-refractivity contribution in [3.63, 3.8) is 0 Å². The summed E-state index contributed by atoms with van der Waals surface area (Å²) in [6.45, 7) is 5.74. The van der Waals surface area contributed by atoms with Crippen molar-refractivity contribution < 1.29 is 14.3 Å². The van der Waals surface area contributed by atoms with Gasteiger partial charge in [0.1, 0.15) is 6.61 Å². The number of ether oxygens (including phenoxy) is 1. The molecule has 1 amide bonds. The maximum atomic E-state index is 11.4. The van der Waals surface area contributed by atoms with E-state index in [0.717, 1.165) is 6.42 Å². The van der Waals surface area contributed by atoms with E-state index in [9.17, 15) is 9.59 Å². The van der Waals surface area contributed by atoms with E-state index in [0.29, 0.717) is 0 Å². The molecule has 0 aromatic heterocycles. The maximum Gasteiger partial charge on any atom is 0.311 e. The Balaban J connectivity index is 3.80. The largest absolute Gasteiger partial charge is 0.465 e. The summed E-state index contributed by atoms with van der Waals surface area (Å²) in [5.41, 5.74) is -0.456. The van der Waals surface area contributed by atoms with Gasteiger partial charge in [-0.3, -0.25) is 9.59 Å². The molecule has 0 aliphatic rings. The fourth-order valence-electron chi connectivity index (χ4n) is 0.701. The zero-order chi connectivity index (χ0) is 11.2.